The number of aliphatic hydroxyl groups is 1. The molecule has 0 aliphatic rings. The summed E-state index contributed by atoms with van der Waals surface area (Å²) in [7, 11) is 0. The summed E-state index contributed by atoms with van der Waals surface area (Å²) in [5.74, 6) is -0.218. The molecule has 0 saturated heterocycles. The summed E-state index contributed by atoms with van der Waals surface area (Å²) in [6.07, 6.45) is -0.240. The van der Waals surface area contributed by atoms with E-state index < -0.39 is 11.9 Å². The van der Waals surface area contributed by atoms with Crippen LogP contribution in [0.2, 0.25) is 0 Å². The third kappa shape index (κ3) is 10.0. The monoisotopic (exact) mass is 274 g/mol. The highest BCUT2D eigenvalue weighted by atomic mass is 16.6. The van der Waals surface area contributed by atoms with Gasteiger partial charge >= 0.3 is 0 Å². The zero-order chi connectivity index (χ0) is 15.3. The summed E-state index contributed by atoms with van der Waals surface area (Å²) >= 11 is 0. The fourth-order valence-corrected chi connectivity index (χ4v) is 1.49. The minimum Gasteiger partial charge on any atom is -0.375 e. The Kier molecular flexibility index (Phi) is 7.19. The molecule has 114 valence electrons. The maximum Gasteiger partial charge on any atom is 0.160 e. The molecule has 0 rings (SSSR count). The topological polar surface area (TPSA) is 55.8 Å². The quantitative estimate of drug-likeness (QED) is 0.725. The van der Waals surface area contributed by atoms with E-state index in [1.165, 1.54) is 0 Å². The molecule has 19 heavy (non-hydrogen) atoms. The van der Waals surface area contributed by atoms with Crippen LogP contribution in [-0.2, 0) is 14.3 Å². The van der Waals surface area contributed by atoms with Gasteiger partial charge in [-0.1, -0.05) is 6.92 Å². The van der Waals surface area contributed by atoms with Gasteiger partial charge in [-0.2, -0.15) is 0 Å². The number of Topliss-reactive ketones (excluding diaryl/α,β-unsaturated/α-hetero) is 1. The van der Waals surface area contributed by atoms with Crippen LogP contribution in [0, 0.1) is 5.92 Å². The van der Waals surface area contributed by atoms with E-state index in [2.05, 4.69) is 0 Å². The van der Waals surface area contributed by atoms with E-state index in [1.54, 1.807) is 0 Å². The lowest BCUT2D eigenvalue weighted by Crippen LogP contribution is -2.37. The lowest BCUT2D eigenvalue weighted by atomic mass is 10.0. The average Bonchev–Trinajstić information content (AvgIpc) is 2.19. The average molecular weight is 274 g/mol. The highest BCUT2D eigenvalue weighted by molar-refractivity contribution is 5.78. The second kappa shape index (κ2) is 7.36. The van der Waals surface area contributed by atoms with Crippen LogP contribution in [0.3, 0.4) is 0 Å². The molecular weight excluding hydrogens is 244 g/mol. The van der Waals surface area contributed by atoms with Gasteiger partial charge in [0.15, 0.2) is 6.29 Å². The predicted molar refractivity (Wildman–Crippen MR) is 76.0 cm³/mol. The highest BCUT2D eigenvalue weighted by Crippen LogP contribution is 2.21. The van der Waals surface area contributed by atoms with Gasteiger partial charge in [-0.15, -0.1) is 0 Å². The number of aliphatic hydroxyl groups excluding tert-OH is 1. The summed E-state index contributed by atoms with van der Waals surface area (Å²) in [6, 6.07) is 0. The van der Waals surface area contributed by atoms with Gasteiger partial charge in [-0.05, 0) is 41.5 Å². The van der Waals surface area contributed by atoms with Gasteiger partial charge in [0.25, 0.3) is 0 Å². The Morgan fingerprint density at radius 3 is 2.00 bits per heavy atom. The van der Waals surface area contributed by atoms with Gasteiger partial charge in [0.2, 0.25) is 0 Å². The van der Waals surface area contributed by atoms with Crippen LogP contribution in [0.4, 0.5) is 0 Å². The first-order chi connectivity index (χ1) is 8.44. The summed E-state index contributed by atoms with van der Waals surface area (Å²) in [5, 5.41) is 10.1. The Morgan fingerprint density at radius 1 is 1.11 bits per heavy atom. The molecule has 0 amide bonds. The van der Waals surface area contributed by atoms with Crippen molar-refractivity contribution in [1.29, 1.82) is 0 Å². The van der Waals surface area contributed by atoms with Crippen LogP contribution >= 0.6 is 0 Å². The van der Waals surface area contributed by atoms with Crippen LogP contribution < -0.4 is 0 Å². The normalized spacial score (nSPS) is 16.2. The Bertz CT molecular complexity index is 273. The van der Waals surface area contributed by atoms with Crippen molar-refractivity contribution in [2.75, 3.05) is 6.61 Å². The fourth-order valence-electron chi connectivity index (χ4n) is 1.49. The van der Waals surface area contributed by atoms with E-state index in [-0.39, 0.29) is 23.7 Å². The minimum atomic E-state index is -0.988. The second-order valence-electron chi connectivity index (χ2n) is 6.90. The minimum absolute atomic E-state index is 0.110. The standard InChI is InChI=1S/C15H30O4/c1-8-12(16)9-11(10-18-14(2,3)4)13(17)19-15(5,6)7/h11,13,17H,8-10H2,1-7H3. The van der Waals surface area contributed by atoms with Crippen molar-refractivity contribution in [2.45, 2.75) is 78.8 Å². The van der Waals surface area contributed by atoms with E-state index in [0.29, 0.717) is 13.0 Å². The molecule has 0 heterocycles. The molecule has 0 fully saturated rings. The first-order valence-corrected chi connectivity index (χ1v) is 6.96. The number of rotatable bonds is 7. The number of ether oxygens (including phenoxy) is 2. The molecule has 0 aromatic carbocycles. The zero-order valence-corrected chi connectivity index (χ0v) is 13.4. The van der Waals surface area contributed by atoms with Gasteiger partial charge in [-0.3, -0.25) is 4.79 Å². The summed E-state index contributed by atoms with van der Waals surface area (Å²) in [5.41, 5.74) is -0.746. The summed E-state index contributed by atoms with van der Waals surface area (Å²) in [6.45, 7) is 13.6. The van der Waals surface area contributed by atoms with Crippen LogP contribution in [0.15, 0.2) is 0 Å². The number of carbonyl (C=O) groups is 1. The van der Waals surface area contributed by atoms with Crippen molar-refractivity contribution in [3.63, 3.8) is 0 Å². The maximum absolute atomic E-state index is 11.6. The van der Waals surface area contributed by atoms with Crippen molar-refractivity contribution in [1.82, 2.24) is 0 Å². The summed E-state index contributed by atoms with van der Waals surface area (Å²) in [4.78, 5) is 11.6. The van der Waals surface area contributed by atoms with E-state index in [4.69, 9.17) is 9.47 Å². The van der Waals surface area contributed by atoms with E-state index in [1.807, 2.05) is 48.5 Å². The summed E-state index contributed by atoms with van der Waals surface area (Å²) < 4.78 is 11.2. The van der Waals surface area contributed by atoms with Crippen LogP contribution in [-0.4, -0.2) is 35.0 Å². The van der Waals surface area contributed by atoms with E-state index in [9.17, 15) is 9.90 Å². The van der Waals surface area contributed by atoms with Crippen molar-refractivity contribution < 1.29 is 19.4 Å². The molecule has 0 aliphatic carbocycles. The zero-order valence-electron chi connectivity index (χ0n) is 13.4. The Balaban J connectivity index is 4.61. The second-order valence-corrected chi connectivity index (χ2v) is 6.90. The van der Waals surface area contributed by atoms with E-state index in [0.717, 1.165) is 0 Å². The van der Waals surface area contributed by atoms with Crippen LogP contribution in [0.1, 0.15) is 61.3 Å². The van der Waals surface area contributed by atoms with Crippen LogP contribution in [0.5, 0.6) is 0 Å². The van der Waals surface area contributed by atoms with E-state index >= 15 is 0 Å². The molecule has 4 heteroatoms. The first kappa shape index (κ1) is 18.6. The van der Waals surface area contributed by atoms with Crippen molar-refractivity contribution in [3.8, 4) is 0 Å². The Morgan fingerprint density at radius 2 is 1.63 bits per heavy atom. The highest BCUT2D eigenvalue weighted by Gasteiger charge is 2.28. The van der Waals surface area contributed by atoms with Gasteiger partial charge in [-0.25, -0.2) is 0 Å². The molecule has 0 radical (unpaired) electrons. The Labute approximate surface area is 117 Å². The molecule has 0 aromatic rings. The largest absolute Gasteiger partial charge is 0.375 e. The maximum atomic E-state index is 11.6. The molecule has 0 saturated carbocycles. The van der Waals surface area contributed by atoms with Crippen molar-refractivity contribution in [3.05, 3.63) is 0 Å². The molecule has 0 bridgehead atoms. The number of hydrogen-bond acceptors (Lipinski definition) is 4. The number of ketones is 1. The molecule has 0 aromatic heterocycles. The van der Waals surface area contributed by atoms with Crippen LogP contribution in [0.25, 0.3) is 0 Å². The molecule has 4 nitrogen and oxygen atoms in total. The lowest BCUT2D eigenvalue weighted by molar-refractivity contribution is -0.206. The first-order valence-electron chi connectivity index (χ1n) is 6.96. The fraction of sp³-hybridized carbons (Fsp3) is 0.933. The Hall–Kier alpha value is -0.450. The van der Waals surface area contributed by atoms with Gasteiger partial charge in [0.05, 0.1) is 17.8 Å². The molecule has 0 spiro atoms. The number of hydrogen-bond donors (Lipinski definition) is 1. The lowest BCUT2D eigenvalue weighted by Gasteiger charge is -2.31. The van der Waals surface area contributed by atoms with Crippen molar-refractivity contribution >= 4 is 5.78 Å². The molecule has 2 atom stereocenters. The van der Waals surface area contributed by atoms with Gasteiger partial charge in [0.1, 0.15) is 5.78 Å². The molecule has 2 unspecified atom stereocenters. The smallest absolute Gasteiger partial charge is 0.160 e. The SMILES string of the molecule is CCC(=O)CC(COC(C)(C)C)C(O)OC(C)(C)C. The number of carbonyl (C=O) groups excluding carboxylic acids is 1. The third-order valence-electron chi connectivity index (χ3n) is 2.49. The third-order valence-corrected chi connectivity index (χ3v) is 2.49. The van der Waals surface area contributed by atoms with Crippen molar-refractivity contribution in [2.24, 2.45) is 5.92 Å². The van der Waals surface area contributed by atoms with Gasteiger partial charge < -0.3 is 14.6 Å². The molecule has 0 aliphatic heterocycles. The van der Waals surface area contributed by atoms with Gasteiger partial charge in [0, 0.05) is 18.8 Å². The molecular formula is C15H30O4. The molecule has 1 N–H and O–H groups in total. The predicted octanol–water partition coefficient (Wildman–Crippen LogP) is 2.92.